The van der Waals surface area contributed by atoms with Gasteiger partial charge in [-0.1, -0.05) is 0 Å². The zero-order valence-electron chi connectivity index (χ0n) is 7.94. The Morgan fingerprint density at radius 2 is 2.23 bits per heavy atom. The summed E-state index contributed by atoms with van der Waals surface area (Å²) in [5.74, 6) is 0. The van der Waals surface area contributed by atoms with Crippen molar-refractivity contribution in [3.05, 3.63) is 11.8 Å². The first-order valence-corrected chi connectivity index (χ1v) is 5.57. The van der Waals surface area contributed by atoms with E-state index in [1.54, 1.807) is 17.8 Å². The lowest BCUT2D eigenvalue weighted by Crippen LogP contribution is -2.13. The van der Waals surface area contributed by atoms with Crippen molar-refractivity contribution in [2.45, 2.75) is 31.8 Å². The number of hydrogen-bond donors (Lipinski definition) is 2. The summed E-state index contributed by atoms with van der Waals surface area (Å²) in [6.45, 7) is 5.67. The van der Waals surface area contributed by atoms with Gasteiger partial charge in [-0.3, -0.25) is 4.68 Å². The number of nitrogens with one attached hydrogen (secondary N) is 1. The summed E-state index contributed by atoms with van der Waals surface area (Å²) in [6.07, 6.45) is 1.75. The number of aromatic nitrogens is 2. The summed E-state index contributed by atoms with van der Waals surface area (Å²) < 4.78 is 20.1. The van der Waals surface area contributed by atoms with E-state index in [4.69, 9.17) is 9.92 Å². The molecule has 74 valence electrons. The van der Waals surface area contributed by atoms with Gasteiger partial charge in [0.1, 0.15) is 0 Å². The van der Waals surface area contributed by atoms with Gasteiger partial charge in [-0.15, -0.1) is 0 Å². The molecule has 0 saturated heterocycles. The lowest BCUT2D eigenvalue weighted by Gasteiger charge is -2.03. The van der Waals surface area contributed by atoms with Crippen molar-refractivity contribution in [1.82, 2.24) is 9.78 Å². The Kier molecular flexibility index (Phi) is 2.44. The number of hydrogen-bond acceptors (Lipinski definition) is 3. The highest BCUT2D eigenvalue weighted by molar-refractivity contribution is 7.90. The lowest BCUT2D eigenvalue weighted by atomic mass is 10.4. The fourth-order valence-corrected chi connectivity index (χ4v) is 1.78. The Morgan fingerprint density at radius 3 is 2.46 bits per heavy atom. The van der Waals surface area contributed by atoms with E-state index in [0.717, 1.165) is 0 Å². The first kappa shape index (κ1) is 10.2. The second kappa shape index (κ2) is 3.12. The average Bonchev–Trinajstić information content (AvgIpc) is 2.29. The Labute approximate surface area is 78.0 Å². The van der Waals surface area contributed by atoms with Crippen molar-refractivity contribution in [3.8, 4) is 0 Å². The minimum Gasteiger partial charge on any atom is -0.269 e. The molecule has 0 spiro atoms. The molecule has 0 amide bonds. The SMILES string of the molecule is Cc1cn(C(C)C)nc1S(=N)(N)=O. The van der Waals surface area contributed by atoms with E-state index >= 15 is 0 Å². The number of nitrogens with two attached hydrogens (primary N) is 1. The maximum atomic E-state index is 11.2. The zero-order chi connectivity index (χ0) is 10.2. The van der Waals surface area contributed by atoms with E-state index in [0.29, 0.717) is 5.56 Å². The van der Waals surface area contributed by atoms with Crippen LogP contribution in [0, 0.1) is 11.7 Å². The predicted octanol–water partition coefficient (Wildman–Crippen LogP) is 1.05. The van der Waals surface area contributed by atoms with Gasteiger partial charge in [-0.05, 0) is 20.8 Å². The molecule has 1 heterocycles. The average molecular weight is 202 g/mol. The Hall–Kier alpha value is -0.880. The van der Waals surface area contributed by atoms with Crippen molar-refractivity contribution >= 4 is 9.92 Å². The molecule has 1 unspecified atom stereocenters. The summed E-state index contributed by atoms with van der Waals surface area (Å²) in [4.78, 5) is 0. The normalized spacial score (nSPS) is 16.1. The van der Waals surface area contributed by atoms with Gasteiger partial charge in [0.15, 0.2) is 14.9 Å². The van der Waals surface area contributed by atoms with Crippen LogP contribution in [0.5, 0.6) is 0 Å². The minimum absolute atomic E-state index is 0.182. The molecule has 0 aliphatic carbocycles. The van der Waals surface area contributed by atoms with E-state index in [2.05, 4.69) is 5.10 Å². The van der Waals surface area contributed by atoms with Crippen LogP contribution >= 0.6 is 0 Å². The van der Waals surface area contributed by atoms with Crippen LogP contribution in [0.4, 0.5) is 0 Å². The molecule has 6 heteroatoms. The molecule has 0 saturated carbocycles. The van der Waals surface area contributed by atoms with E-state index in [1.165, 1.54) is 0 Å². The molecule has 13 heavy (non-hydrogen) atoms. The van der Waals surface area contributed by atoms with Gasteiger partial charge in [0, 0.05) is 17.8 Å². The first-order valence-electron chi connectivity index (χ1n) is 3.94. The molecule has 1 rings (SSSR count). The van der Waals surface area contributed by atoms with E-state index < -0.39 is 9.92 Å². The smallest absolute Gasteiger partial charge is 0.174 e. The molecule has 5 nitrogen and oxygen atoms in total. The monoisotopic (exact) mass is 202 g/mol. The first-order chi connectivity index (χ1) is 5.82. The standard InChI is InChI=1S/C7H14N4OS/c1-5(2)11-4-6(3)7(10-11)13(8,9)12/h4-5H,1-3H3,(H3,8,9,12). The third kappa shape index (κ3) is 2.07. The molecule has 0 fully saturated rings. The molecule has 0 aromatic carbocycles. The topological polar surface area (TPSA) is 84.8 Å². The van der Waals surface area contributed by atoms with Gasteiger partial charge < -0.3 is 0 Å². The lowest BCUT2D eigenvalue weighted by molar-refractivity contribution is 0.520. The minimum atomic E-state index is -3.18. The van der Waals surface area contributed by atoms with Crippen molar-refractivity contribution in [2.75, 3.05) is 0 Å². The maximum Gasteiger partial charge on any atom is 0.174 e. The highest BCUT2D eigenvalue weighted by Gasteiger charge is 2.13. The number of rotatable bonds is 2. The van der Waals surface area contributed by atoms with Crippen LogP contribution < -0.4 is 5.14 Å². The molecular weight excluding hydrogens is 188 g/mol. The molecular formula is C7H14N4OS. The fourth-order valence-electron chi connectivity index (χ4n) is 1.03. The van der Waals surface area contributed by atoms with E-state index in [1.807, 2.05) is 13.8 Å². The molecule has 1 aromatic rings. The number of aryl methyl sites for hydroxylation is 1. The molecule has 1 atom stereocenters. The second-order valence-corrected chi connectivity index (χ2v) is 4.88. The third-order valence-corrected chi connectivity index (χ3v) is 2.66. The zero-order valence-corrected chi connectivity index (χ0v) is 8.76. The van der Waals surface area contributed by atoms with Crippen LogP contribution in [-0.4, -0.2) is 14.0 Å². The summed E-state index contributed by atoms with van der Waals surface area (Å²) in [7, 11) is -3.18. The van der Waals surface area contributed by atoms with Crippen LogP contribution in [0.3, 0.4) is 0 Å². The van der Waals surface area contributed by atoms with Gasteiger partial charge in [-0.2, -0.15) is 5.10 Å². The Balaban J connectivity index is 3.27. The molecule has 0 aliphatic rings. The summed E-state index contributed by atoms with van der Waals surface area (Å²) >= 11 is 0. The summed E-state index contributed by atoms with van der Waals surface area (Å²) in [5, 5.41) is 9.38. The highest BCUT2D eigenvalue weighted by atomic mass is 32.2. The van der Waals surface area contributed by atoms with Gasteiger partial charge in [0.2, 0.25) is 0 Å². The number of nitrogens with zero attached hydrogens (tertiary/aromatic N) is 2. The van der Waals surface area contributed by atoms with E-state index in [-0.39, 0.29) is 11.1 Å². The Morgan fingerprint density at radius 1 is 1.69 bits per heavy atom. The van der Waals surface area contributed by atoms with Crippen LogP contribution in [-0.2, 0) is 9.92 Å². The Bertz CT molecular complexity index is 404. The van der Waals surface area contributed by atoms with Crippen LogP contribution in [0.2, 0.25) is 0 Å². The molecule has 0 bridgehead atoms. The van der Waals surface area contributed by atoms with Crippen molar-refractivity contribution < 1.29 is 4.21 Å². The van der Waals surface area contributed by atoms with Crippen LogP contribution in [0.25, 0.3) is 0 Å². The van der Waals surface area contributed by atoms with Crippen molar-refractivity contribution in [1.29, 1.82) is 4.78 Å². The molecule has 3 N–H and O–H groups in total. The van der Waals surface area contributed by atoms with Crippen LogP contribution in [0.15, 0.2) is 11.2 Å². The largest absolute Gasteiger partial charge is 0.269 e. The van der Waals surface area contributed by atoms with Crippen molar-refractivity contribution in [2.24, 2.45) is 5.14 Å². The van der Waals surface area contributed by atoms with Crippen LogP contribution in [0.1, 0.15) is 25.5 Å². The third-order valence-electron chi connectivity index (χ3n) is 1.69. The van der Waals surface area contributed by atoms with Gasteiger partial charge in [0.25, 0.3) is 0 Å². The summed E-state index contributed by atoms with van der Waals surface area (Å²) in [5.41, 5.74) is 0.705. The quantitative estimate of drug-likeness (QED) is 0.751. The molecule has 1 aromatic heterocycles. The van der Waals surface area contributed by atoms with Gasteiger partial charge in [0.05, 0.1) is 0 Å². The van der Waals surface area contributed by atoms with Gasteiger partial charge in [-0.25, -0.2) is 14.1 Å². The second-order valence-electron chi connectivity index (χ2n) is 3.29. The molecule has 0 radical (unpaired) electrons. The summed E-state index contributed by atoms with van der Waals surface area (Å²) in [6, 6.07) is 0.189. The van der Waals surface area contributed by atoms with Gasteiger partial charge >= 0.3 is 0 Å². The predicted molar refractivity (Wildman–Crippen MR) is 50.7 cm³/mol. The van der Waals surface area contributed by atoms with Crippen molar-refractivity contribution in [3.63, 3.8) is 0 Å². The maximum absolute atomic E-state index is 11.2. The highest BCUT2D eigenvalue weighted by Crippen LogP contribution is 2.13. The fraction of sp³-hybridized carbons (Fsp3) is 0.571. The van der Waals surface area contributed by atoms with E-state index in [9.17, 15) is 4.21 Å². The molecule has 0 aliphatic heterocycles.